The van der Waals surface area contributed by atoms with E-state index < -0.39 is 0 Å². The van der Waals surface area contributed by atoms with Gasteiger partial charge >= 0.3 is 0 Å². The summed E-state index contributed by atoms with van der Waals surface area (Å²) in [5.41, 5.74) is 0.370. The van der Waals surface area contributed by atoms with E-state index in [0.29, 0.717) is 11.7 Å². The molecule has 0 heterocycles. The summed E-state index contributed by atoms with van der Waals surface area (Å²) in [6, 6.07) is 0. The van der Waals surface area contributed by atoms with Crippen LogP contribution in [0.1, 0.15) is 33.6 Å². The van der Waals surface area contributed by atoms with Crippen molar-refractivity contribution in [2.75, 3.05) is 0 Å². The molecule has 2 atom stereocenters. The van der Waals surface area contributed by atoms with Crippen LogP contribution in [0.3, 0.4) is 0 Å². The van der Waals surface area contributed by atoms with Crippen molar-refractivity contribution in [3.63, 3.8) is 0 Å². The fourth-order valence-electron chi connectivity index (χ4n) is 2.66. The Kier molecular flexibility index (Phi) is 1.08. The van der Waals surface area contributed by atoms with Gasteiger partial charge in [0, 0.05) is 5.41 Å². The minimum atomic E-state index is 0.0810. The van der Waals surface area contributed by atoms with Gasteiger partial charge in [0.15, 0.2) is 0 Å². The van der Waals surface area contributed by atoms with E-state index >= 15 is 0 Å². The minimum absolute atomic E-state index is 0.0810. The van der Waals surface area contributed by atoms with E-state index in [-0.39, 0.29) is 10.8 Å². The topological polar surface area (TPSA) is 20.2 Å². The van der Waals surface area contributed by atoms with Crippen LogP contribution >= 0.6 is 0 Å². The molecule has 2 bridgehead atoms. The van der Waals surface area contributed by atoms with E-state index in [0.717, 1.165) is 6.42 Å². The molecular weight excluding hydrogens is 136 g/mol. The van der Waals surface area contributed by atoms with Crippen molar-refractivity contribution in [3.8, 4) is 0 Å². The van der Waals surface area contributed by atoms with Gasteiger partial charge in [0.2, 0.25) is 0 Å². The van der Waals surface area contributed by atoms with Crippen molar-refractivity contribution in [1.82, 2.24) is 0 Å². The molecule has 1 saturated carbocycles. The summed E-state index contributed by atoms with van der Waals surface area (Å²) in [5, 5.41) is 9.68. The molecule has 1 heteroatoms. The molecule has 2 aliphatic rings. The molecule has 0 aromatic carbocycles. The minimum Gasteiger partial charge on any atom is -0.512 e. The molecule has 2 rings (SSSR count). The zero-order chi connectivity index (χ0) is 8.28. The highest BCUT2D eigenvalue weighted by molar-refractivity contribution is 5.26. The maximum Gasteiger partial charge on any atom is 0.0950 e. The summed E-state index contributed by atoms with van der Waals surface area (Å²) in [5.74, 6) is 1.26. The SMILES string of the molecule is CC1(C)C2C=C(O)[C@]1(C)CC2. The van der Waals surface area contributed by atoms with Crippen LogP contribution in [-0.2, 0) is 0 Å². The Labute approximate surface area is 68.1 Å². The first-order valence-electron chi connectivity index (χ1n) is 4.40. The lowest BCUT2D eigenvalue weighted by molar-refractivity contribution is 0.123. The van der Waals surface area contributed by atoms with Gasteiger partial charge in [0.05, 0.1) is 5.76 Å². The summed E-state index contributed by atoms with van der Waals surface area (Å²) in [7, 11) is 0. The second kappa shape index (κ2) is 1.65. The van der Waals surface area contributed by atoms with Gasteiger partial charge in [-0.3, -0.25) is 0 Å². The van der Waals surface area contributed by atoms with Crippen molar-refractivity contribution >= 4 is 0 Å². The molecule has 0 saturated heterocycles. The number of hydrogen-bond donors (Lipinski definition) is 1. The van der Waals surface area contributed by atoms with E-state index in [4.69, 9.17) is 0 Å². The third kappa shape index (κ3) is 0.582. The van der Waals surface area contributed by atoms with Crippen LogP contribution in [0.4, 0.5) is 0 Å². The molecule has 0 spiro atoms. The smallest absolute Gasteiger partial charge is 0.0950 e. The van der Waals surface area contributed by atoms with Crippen molar-refractivity contribution in [3.05, 3.63) is 11.8 Å². The van der Waals surface area contributed by atoms with E-state index in [1.165, 1.54) is 6.42 Å². The van der Waals surface area contributed by atoms with E-state index in [9.17, 15) is 5.11 Å². The van der Waals surface area contributed by atoms with Crippen LogP contribution in [-0.4, -0.2) is 5.11 Å². The molecule has 1 unspecified atom stereocenters. The molecule has 1 nitrogen and oxygen atoms in total. The molecule has 2 aliphatic carbocycles. The third-order valence-electron chi connectivity index (χ3n) is 4.23. The van der Waals surface area contributed by atoms with E-state index in [1.54, 1.807) is 0 Å². The van der Waals surface area contributed by atoms with Crippen LogP contribution in [0.2, 0.25) is 0 Å². The predicted octanol–water partition coefficient (Wildman–Crippen LogP) is 2.88. The third-order valence-corrected chi connectivity index (χ3v) is 4.23. The summed E-state index contributed by atoms with van der Waals surface area (Å²) in [6.07, 6.45) is 4.48. The molecule has 62 valence electrons. The summed E-state index contributed by atoms with van der Waals surface area (Å²) < 4.78 is 0. The molecule has 1 fully saturated rings. The maximum atomic E-state index is 9.68. The Morgan fingerprint density at radius 3 is 2.27 bits per heavy atom. The highest BCUT2D eigenvalue weighted by Gasteiger charge is 2.57. The van der Waals surface area contributed by atoms with Gasteiger partial charge in [-0.2, -0.15) is 0 Å². The first-order chi connectivity index (χ1) is 4.98. The standard InChI is InChI=1S/C10H16O/c1-9(2)7-4-5-10(9,3)8(11)6-7/h6-7,11H,4-5H2,1-3H3/t7?,10-/m0/s1. The van der Waals surface area contributed by atoms with Crippen LogP contribution in [0, 0.1) is 16.7 Å². The molecule has 0 aliphatic heterocycles. The van der Waals surface area contributed by atoms with Crippen molar-refractivity contribution < 1.29 is 5.11 Å². The fraction of sp³-hybridized carbons (Fsp3) is 0.800. The molecule has 11 heavy (non-hydrogen) atoms. The lowest BCUT2D eigenvalue weighted by Crippen LogP contribution is -2.29. The number of aliphatic hydroxyl groups excluding tert-OH is 1. The number of aliphatic hydroxyl groups is 1. The average molecular weight is 152 g/mol. The first kappa shape index (κ1) is 7.20. The average Bonchev–Trinajstić information content (AvgIpc) is 2.20. The van der Waals surface area contributed by atoms with Gasteiger partial charge in [-0.1, -0.05) is 20.8 Å². The van der Waals surface area contributed by atoms with Gasteiger partial charge in [0.25, 0.3) is 0 Å². The van der Waals surface area contributed by atoms with Crippen LogP contribution in [0.5, 0.6) is 0 Å². The second-order valence-corrected chi connectivity index (χ2v) is 4.75. The Hall–Kier alpha value is -0.460. The lowest BCUT2D eigenvalue weighted by Gasteiger charge is -2.34. The van der Waals surface area contributed by atoms with Crippen LogP contribution in [0.15, 0.2) is 11.8 Å². The molecule has 1 N–H and O–H groups in total. The van der Waals surface area contributed by atoms with Crippen molar-refractivity contribution in [1.29, 1.82) is 0 Å². The quantitative estimate of drug-likeness (QED) is 0.566. The summed E-state index contributed by atoms with van der Waals surface area (Å²) >= 11 is 0. The zero-order valence-corrected chi connectivity index (χ0v) is 7.52. The highest BCUT2D eigenvalue weighted by atomic mass is 16.3. The van der Waals surface area contributed by atoms with Gasteiger partial charge in [-0.25, -0.2) is 0 Å². The molecule has 0 radical (unpaired) electrons. The van der Waals surface area contributed by atoms with Gasteiger partial charge in [0.1, 0.15) is 0 Å². The first-order valence-corrected chi connectivity index (χ1v) is 4.40. The van der Waals surface area contributed by atoms with Crippen LogP contribution < -0.4 is 0 Å². The Bertz CT molecular complexity index is 227. The van der Waals surface area contributed by atoms with Gasteiger partial charge < -0.3 is 5.11 Å². The highest BCUT2D eigenvalue weighted by Crippen LogP contribution is 2.64. The predicted molar refractivity (Wildman–Crippen MR) is 45.3 cm³/mol. The normalized spacial score (nSPS) is 46.1. The Morgan fingerprint density at radius 1 is 1.45 bits per heavy atom. The largest absolute Gasteiger partial charge is 0.512 e. The molecule has 0 aromatic rings. The van der Waals surface area contributed by atoms with Gasteiger partial charge in [-0.15, -0.1) is 0 Å². The molecule has 0 aromatic heterocycles. The van der Waals surface area contributed by atoms with Crippen LogP contribution in [0.25, 0.3) is 0 Å². The van der Waals surface area contributed by atoms with Crippen molar-refractivity contribution in [2.45, 2.75) is 33.6 Å². The molecular formula is C10H16O. The lowest BCUT2D eigenvalue weighted by atomic mass is 9.70. The maximum absolute atomic E-state index is 9.68. The zero-order valence-electron chi connectivity index (χ0n) is 7.52. The number of rotatable bonds is 0. The summed E-state index contributed by atoms with van der Waals surface area (Å²) in [4.78, 5) is 0. The Morgan fingerprint density at radius 2 is 2.09 bits per heavy atom. The number of fused-ring (bicyclic) bond motifs is 2. The van der Waals surface area contributed by atoms with E-state index in [1.807, 2.05) is 0 Å². The van der Waals surface area contributed by atoms with Crippen molar-refractivity contribution in [2.24, 2.45) is 16.7 Å². The number of allylic oxidation sites excluding steroid dienone is 2. The summed E-state index contributed by atoms with van der Waals surface area (Å²) in [6.45, 7) is 6.72. The fourth-order valence-corrected chi connectivity index (χ4v) is 2.66. The van der Waals surface area contributed by atoms with Gasteiger partial charge in [-0.05, 0) is 30.3 Å². The van der Waals surface area contributed by atoms with E-state index in [2.05, 4.69) is 26.8 Å². The Balaban J connectivity index is 2.49. The number of hydrogen-bond acceptors (Lipinski definition) is 1. The molecule has 0 amide bonds. The second-order valence-electron chi connectivity index (χ2n) is 4.75. The monoisotopic (exact) mass is 152 g/mol.